The topological polar surface area (TPSA) is 33.7 Å². The van der Waals surface area contributed by atoms with Gasteiger partial charge in [0.1, 0.15) is 0 Å². The zero-order valence-electron chi connectivity index (χ0n) is 10.2. The number of nitrogens with zero attached hydrogens (tertiary/aromatic N) is 1. The number of ether oxygens (including phenoxy) is 2. The first-order chi connectivity index (χ1) is 7.08. The van der Waals surface area contributed by atoms with E-state index in [4.69, 9.17) is 9.47 Å². The maximum absolute atomic E-state index is 5.61. The summed E-state index contributed by atoms with van der Waals surface area (Å²) >= 11 is 0. The van der Waals surface area contributed by atoms with Gasteiger partial charge in [0.25, 0.3) is 0 Å². The molecule has 90 valence electrons. The lowest BCUT2D eigenvalue weighted by molar-refractivity contribution is -0.00437. The predicted octanol–water partition coefficient (Wildman–Crippen LogP) is 0.681. The third-order valence-corrected chi connectivity index (χ3v) is 2.25. The SMILES string of the molecule is CC(C)(C)OCCNCN1CCOCC1. The molecular weight excluding hydrogens is 192 g/mol. The summed E-state index contributed by atoms with van der Waals surface area (Å²) in [5.41, 5.74) is -0.0271. The number of rotatable bonds is 5. The molecule has 0 radical (unpaired) electrons. The van der Waals surface area contributed by atoms with Crippen LogP contribution in [0.15, 0.2) is 0 Å². The van der Waals surface area contributed by atoms with Crippen LogP contribution < -0.4 is 5.32 Å². The van der Waals surface area contributed by atoms with Crippen LogP contribution in [0, 0.1) is 0 Å². The number of hydrogen-bond acceptors (Lipinski definition) is 4. The van der Waals surface area contributed by atoms with Gasteiger partial charge < -0.3 is 14.8 Å². The van der Waals surface area contributed by atoms with E-state index in [1.54, 1.807) is 0 Å². The van der Waals surface area contributed by atoms with Crippen LogP contribution in [0.4, 0.5) is 0 Å². The van der Waals surface area contributed by atoms with E-state index in [9.17, 15) is 0 Å². The number of hydrogen-bond donors (Lipinski definition) is 1. The normalized spacial score (nSPS) is 19.4. The standard InChI is InChI=1S/C11H24N2O2/c1-11(2,3)15-7-4-12-10-13-5-8-14-9-6-13/h12H,4-10H2,1-3H3. The lowest BCUT2D eigenvalue weighted by Crippen LogP contribution is -2.43. The highest BCUT2D eigenvalue weighted by Crippen LogP contribution is 2.05. The Hall–Kier alpha value is -0.160. The summed E-state index contributed by atoms with van der Waals surface area (Å²) in [6.45, 7) is 12.7. The molecule has 1 heterocycles. The molecule has 0 aromatic heterocycles. The third kappa shape index (κ3) is 6.84. The fourth-order valence-electron chi connectivity index (χ4n) is 1.43. The molecule has 0 aliphatic carbocycles. The molecule has 0 atom stereocenters. The molecule has 0 amide bonds. The molecule has 0 aromatic carbocycles. The molecule has 0 saturated carbocycles. The highest BCUT2D eigenvalue weighted by molar-refractivity contribution is 4.62. The molecule has 1 N–H and O–H groups in total. The second kappa shape index (κ2) is 6.43. The Morgan fingerprint density at radius 1 is 1.27 bits per heavy atom. The van der Waals surface area contributed by atoms with Gasteiger partial charge in [-0.3, -0.25) is 4.90 Å². The van der Waals surface area contributed by atoms with E-state index in [0.717, 1.165) is 46.1 Å². The van der Waals surface area contributed by atoms with E-state index >= 15 is 0 Å². The third-order valence-electron chi connectivity index (χ3n) is 2.25. The number of morpholine rings is 1. The number of nitrogens with one attached hydrogen (secondary N) is 1. The van der Waals surface area contributed by atoms with Crippen molar-refractivity contribution in [2.75, 3.05) is 46.1 Å². The van der Waals surface area contributed by atoms with Crippen LogP contribution in [-0.4, -0.2) is 56.6 Å². The summed E-state index contributed by atoms with van der Waals surface area (Å²) in [6, 6.07) is 0. The second-order valence-electron chi connectivity index (χ2n) is 4.85. The van der Waals surface area contributed by atoms with E-state index in [0.29, 0.717) is 0 Å². The van der Waals surface area contributed by atoms with Gasteiger partial charge >= 0.3 is 0 Å². The average Bonchev–Trinajstić information content (AvgIpc) is 2.17. The molecule has 1 fully saturated rings. The summed E-state index contributed by atoms with van der Waals surface area (Å²) in [5, 5.41) is 3.37. The van der Waals surface area contributed by atoms with Gasteiger partial charge in [-0.1, -0.05) is 0 Å². The summed E-state index contributed by atoms with van der Waals surface area (Å²) < 4.78 is 10.9. The summed E-state index contributed by atoms with van der Waals surface area (Å²) in [7, 11) is 0. The average molecular weight is 216 g/mol. The predicted molar refractivity (Wildman–Crippen MR) is 61.0 cm³/mol. The molecule has 0 unspecified atom stereocenters. The van der Waals surface area contributed by atoms with E-state index in [-0.39, 0.29) is 5.60 Å². The second-order valence-corrected chi connectivity index (χ2v) is 4.85. The Morgan fingerprint density at radius 2 is 1.93 bits per heavy atom. The highest BCUT2D eigenvalue weighted by atomic mass is 16.5. The van der Waals surface area contributed by atoms with Crippen molar-refractivity contribution in [1.82, 2.24) is 10.2 Å². The van der Waals surface area contributed by atoms with Crippen molar-refractivity contribution in [2.45, 2.75) is 26.4 Å². The first-order valence-corrected chi connectivity index (χ1v) is 5.73. The van der Waals surface area contributed by atoms with Gasteiger partial charge in [-0.2, -0.15) is 0 Å². The van der Waals surface area contributed by atoms with Crippen molar-refractivity contribution < 1.29 is 9.47 Å². The van der Waals surface area contributed by atoms with Crippen molar-refractivity contribution in [3.8, 4) is 0 Å². The van der Waals surface area contributed by atoms with Gasteiger partial charge in [-0.05, 0) is 20.8 Å². The first kappa shape index (κ1) is 12.9. The smallest absolute Gasteiger partial charge is 0.0599 e. The van der Waals surface area contributed by atoms with Crippen LogP contribution in [-0.2, 0) is 9.47 Å². The van der Waals surface area contributed by atoms with Crippen molar-refractivity contribution in [1.29, 1.82) is 0 Å². The van der Waals surface area contributed by atoms with E-state index in [2.05, 4.69) is 31.0 Å². The van der Waals surface area contributed by atoms with Gasteiger partial charge in [0, 0.05) is 26.3 Å². The quantitative estimate of drug-likeness (QED) is 0.685. The van der Waals surface area contributed by atoms with Crippen molar-refractivity contribution in [3.63, 3.8) is 0 Å². The van der Waals surface area contributed by atoms with Crippen LogP contribution in [0.5, 0.6) is 0 Å². The minimum atomic E-state index is -0.0271. The minimum Gasteiger partial charge on any atom is -0.379 e. The first-order valence-electron chi connectivity index (χ1n) is 5.73. The maximum atomic E-state index is 5.61. The summed E-state index contributed by atoms with van der Waals surface area (Å²) in [4.78, 5) is 2.36. The van der Waals surface area contributed by atoms with Gasteiger partial charge in [0.2, 0.25) is 0 Å². The highest BCUT2D eigenvalue weighted by Gasteiger charge is 2.10. The van der Waals surface area contributed by atoms with Crippen LogP contribution >= 0.6 is 0 Å². The minimum absolute atomic E-state index is 0.0271. The van der Waals surface area contributed by atoms with Gasteiger partial charge in [-0.25, -0.2) is 0 Å². The fourth-order valence-corrected chi connectivity index (χ4v) is 1.43. The van der Waals surface area contributed by atoms with Crippen LogP contribution in [0.2, 0.25) is 0 Å². The summed E-state index contributed by atoms with van der Waals surface area (Å²) in [5.74, 6) is 0. The van der Waals surface area contributed by atoms with Crippen LogP contribution in [0.3, 0.4) is 0 Å². The van der Waals surface area contributed by atoms with Crippen molar-refractivity contribution in [3.05, 3.63) is 0 Å². The molecule has 15 heavy (non-hydrogen) atoms. The van der Waals surface area contributed by atoms with Gasteiger partial charge in [0.05, 0.1) is 25.4 Å². The maximum Gasteiger partial charge on any atom is 0.0599 e. The largest absolute Gasteiger partial charge is 0.379 e. The van der Waals surface area contributed by atoms with Crippen molar-refractivity contribution >= 4 is 0 Å². The van der Waals surface area contributed by atoms with E-state index < -0.39 is 0 Å². The fraction of sp³-hybridized carbons (Fsp3) is 1.00. The molecular formula is C11H24N2O2. The zero-order valence-corrected chi connectivity index (χ0v) is 10.2. The molecule has 1 aliphatic heterocycles. The molecule has 0 spiro atoms. The monoisotopic (exact) mass is 216 g/mol. The Labute approximate surface area is 92.9 Å². The van der Waals surface area contributed by atoms with Crippen molar-refractivity contribution in [2.24, 2.45) is 0 Å². The molecule has 1 saturated heterocycles. The Balaban J connectivity index is 1.92. The molecule has 0 aromatic rings. The zero-order chi connectivity index (χ0) is 11.1. The van der Waals surface area contributed by atoms with Crippen LogP contribution in [0.25, 0.3) is 0 Å². The lowest BCUT2D eigenvalue weighted by Gasteiger charge is -2.27. The Bertz CT molecular complexity index is 162. The summed E-state index contributed by atoms with van der Waals surface area (Å²) in [6.07, 6.45) is 0. The molecule has 4 nitrogen and oxygen atoms in total. The lowest BCUT2D eigenvalue weighted by atomic mass is 10.2. The van der Waals surface area contributed by atoms with E-state index in [1.165, 1.54) is 0 Å². The molecule has 4 heteroatoms. The molecule has 1 rings (SSSR count). The Morgan fingerprint density at radius 3 is 2.53 bits per heavy atom. The molecule has 1 aliphatic rings. The molecule has 0 bridgehead atoms. The van der Waals surface area contributed by atoms with Crippen LogP contribution in [0.1, 0.15) is 20.8 Å². The van der Waals surface area contributed by atoms with Gasteiger partial charge in [0.15, 0.2) is 0 Å². The van der Waals surface area contributed by atoms with E-state index in [1.807, 2.05) is 0 Å². The van der Waals surface area contributed by atoms with Gasteiger partial charge in [-0.15, -0.1) is 0 Å². The Kier molecular flexibility index (Phi) is 5.53.